The summed E-state index contributed by atoms with van der Waals surface area (Å²) in [6.45, 7) is 17.5. The highest BCUT2D eigenvalue weighted by Gasteiger charge is 2.54. The van der Waals surface area contributed by atoms with Crippen molar-refractivity contribution in [3.63, 3.8) is 0 Å². The molecule has 0 aromatic carbocycles. The highest BCUT2D eigenvalue weighted by atomic mass is 32.2. The number of ether oxygens (including phenoxy) is 2. The first-order chi connectivity index (χ1) is 9.49. The Balaban J connectivity index is 2.15. The maximum atomic E-state index is 6.52. The zero-order chi connectivity index (χ0) is 16.1. The molecule has 1 saturated heterocycles. The van der Waals surface area contributed by atoms with Crippen molar-refractivity contribution in [2.75, 3.05) is 0 Å². The van der Waals surface area contributed by atoms with E-state index in [1.807, 2.05) is 6.92 Å². The van der Waals surface area contributed by atoms with Gasteiger partial charge in [0.25, 0.3) is 0 Å². The summed E-state index contributed by atoms with van der Waals surface area (Å²) in [5, 5.41) is 1.78. The van der Waals surface area contributed by atoms with Crippen LogP contribution in [0, 0.1) is 0 Å². The van der Waals surface area contributed by atoms with Gasteiger partial charge in [0.15, 0.2) is 14.6 Å². The fraction of sp³-hybridized carbons (Fsp3) is 0.867. The third-order valence-corrected chi connectivity index (χ3v) is 10.5. The molecule has 122 valence electrons. The lowest BCUT2D eigenvalue weighted by Gasteiger charge is -2.45. The van der Waals surface area contributed by atoms with E-state index < -0.39 is 13.4 Å². The standard InChI is InChI=1S/C15H29NO3SSi/c1-11-15(18-13(3)17-11)16(9-10-20-15)12(2)19-21(7,8)14(4,5)6/h9-13H,1-8H3. The first-order valence-corrected chi connectivity index (χ1v) is 11.4. The molecule has 4 nitrogen and oxygen atoms in total. The fourth-order valence-electron chi connectivity index (χ4n) is 2.52. The number of rotatable bonds is 3. The van der Waals surface area contributed by atoms with E-state index >= 15 is 0 Å². The summed E-state index contributed by atoms with van der Waals surface area (Å²) in [4.78, 5) is 2.17. The average molecular weight is 332 g/mol. The topological polar surface area (TPSA) is 30.9 Å². The van der Waals surface area contributed by atoms with E-state index in [-0.39, 0.29) is 23.7 Å². The lowest BCUT2D eigenvalue weighted by atomic mass is 10.2. The third-order valence-electron chi connectivity index (χ3n) is 4.73. The zero-order valence-electron chi connectivity index (χ0n) is 14.5. The molecule has 2 heterocycles. The Hall–Kier alpha value is -0.0131. The van der Waals surface area contributed by atoms with Crippen molar-refractivity contribution in [1.29, 1.82) is 0 Å². The SMILES string of the molecule is CC1OC(C)C2(O1)SC=CN2C(C)O[Si](C)(C)C(C)(C)C. The van der Waals surface area contributed by atoms with Crippen molar-refractivity contribution >= 4 is 20.1 Å². The fourth-order valence-corrected chi connectivity index (χ4v) is 5.00. The number of thioether (sulfide) groups is 1. The predicted molar refractivity (Wildman–Crippen MR) is 90.1 cm³/mol. The van der Waals surface area contributed by atoms with Crippen molar-refractivity contribution in [3.8, 4) is 0 Å². The molecule has 4 unspecified atom stereocenters. The minimum Gasteiger partial charge on any atom is -0.397 e. The van der Waals surface area contributed by atoms with Crippen molar-refractivity contribution in [1.82, 2.24) is 4.90 Å². The molecule has 1 fully saturated rings. The number of nitrogens with zero attached hydrogens (tertiary/aromatic N) is 1. The molecular weight excluding hydrogens is 302 g/mol. The van der Waals surface area contributed by atoms with Gasteiger partial charge in [0, 0.05) is 6.20 Å². The van der Waals surface area contributed by atoms with Gasteiger partial charge in [0.05, 0.1) is 0 Å². The zero-order valence-corrected chi connectivity index (χ0v) is 16.3. The Labute approximate surface area is 134 Å². The highest BCUT2D eigenvalue weighted by Crippen LogP contribution is 2.48. The van der Waals surface area contributed by atoms with E-state index in [0.717, 1.165) is 0 Å². The van der Waals surface area contributed by atoms with Gasteiger partial charge in [-0.15, -0.1) is 0 Å². The van der Waals surface area contributed by atoms with Crippen LogP contribution in [0.1, 0.15) is 41.5 Å². The molecule has 0 bridgehead atoms. The monoisotopic (exact) mass is 331 g/mol. The van der Waals surface area contributed by atoms with Gasteiger partial charge in [-0.1, -0.05) is 32.5 Å². The lowest BCUT2D eigenvalue weighted by molar-refractivity contribution is -0.117. The van der Waals surface area contributed by atoms with Crippen LogP contribution >= 0.6 is 11.8 Å². The Bertz CT molecular complexity index is 424. The molecule has 0 aliphatic carbocycles. The maximum Gasteiger partial charge on any atom is 0.224 e. The van der Waals surface area contributed by atoms with E-state index in [4.69, 9.17) is 13.9 Å². The van der Waals surface area contributed by atoms with E-state index in [1.165, 1.54) is 0 Å². The Morgan fingerprint density at radius 3 is 2.43 bits per heavy atom. The predicted octanol–water partition coefficient (Wildman–Crippen LogP) is 4.31. The van der Waals surface area contributed by atoms with Gasteiger partial charge < -0.3 is 18.8 Å². The van der Waals surface area contributed by atoms with Gasteiger partial charge in [-0.25, -0.2) is 0 Å². The van der Waals surface area contributed by atoms with Crippen molar-refractivity contribution in [3.05, 3.63) is 11.6 Å². The summed E-state index contributed by atoms with van der Waals surface area (Å²) in [5.74, 6) is 0. The van der Waals surface area contributed by atoms with Crippen LogP contribution < -0.4 is 0 Å². The van der Waals surface area contributed by atoms with E-state index in [1.54, 1.807) is 11.8 Å². The maximum absolute atomic E-state index is 6.52. The quantitative estimate of drug-likeness (QED) is 0.719. The Morgan fingerprint density at radius 2 is 1.95 bits per heavy atom. The first kappa shape index (κ1) is 17.3. The lowest BCUT2D eigenvalue weighted by Crippen LogP contribution is -2.55. The molecule has 2 aliphatic heterocycles. The van der Waals surface area contributed by atoms with Crippen LogP contribution in [-0.4, -0.2) is 36.9 Å². The van der Waals surface area contributed by atoms with Gasteiger partial charge in [0.2, 0.25) is 5.06 Å². The first-order valence-electron chi connectivity index (χ1n) is 7.63. The van der Waals surface area contributed by atoms with Gasteiger partial charge >= 0.3 is 0 Å². The Morgan fingerprint density at radius 1 is 1.33 bits per heavy atom. The molecule has 0 amide bonds. The molecule has 1 spiro atoms. The summed E-state index contributed by atoms with van der Waals surface area (Å²) in [6.07, 6.45) is 1.85. The average Bonchev–Trinajstić information content (AvgIpc) is 2.82. The molecule has 0 N–H and O–H groups in total. The molecule has 21 heavy (non-hydrogen) atoms. The minimum absolute atomic E-state index is 0.00188. The van der Waals surface area contributed by atoms with Crippen LogP contribution in [0.2, 0.25) is 18.1 Å². The van der Waals surface area contributed by atoms with Gasteiger partial charge in [0.1, 0.15) is 12.3 Å². The molecule has 0 saturated carbocycles. The third kappa shape index (κ3) is 3.06. The molecule has 4 atom stereocenters. The van der Waals surface area contributed by atoms with E-state index in [0.29, 0.717) is 0 Å². The molecule has 0 aromatic heterocycles. The second-order valence-electron chi connectivity index (χ2n) is 7.38. The van der Waals surface area contributed by atoms with Crippen LogP contribution in [0.25, 0.3) is 0 Å². The minimum atomic E-state index is -1.82. The van der Waals surface area contributed by atoms with E-state index in [9.17, 15) is 0 Å². The van der Waals surface area contributed by atoms with Crippen LogP contribution in [0.3, 0.4) is 0 Å². The molecular formula is C15H29NO3SSi. The summed E-state index contributed by atoms with van der Waals surface area (Å²) >= 11 is 1.67. The summed E-state index contributed by atoms with van der Waals surface area (Å²) < 4.78 is 18.4. The second kappa shape index (κ2) is 5.56. The number of hydrogen-bond acceptors (Lipinski definition) is 5. The van der Waals surface area contributed by atoms with Crippen molar-refractivity contribution in [2.24, 2.45) is 0 Å². The van der Waals surface area contributed by atoms with Gasteiger partial charge in [-0.2, -0.15) is 0 Å². The molecule has 6 heteroatoms. The van der Waals surface area contributed by atoms with Gasteiger partial charge in [-0.05, 0) is 44.3 Å². The summed E-state index contributed by atoms with van der Waals surface area (Å²) in [6, 6.07) is 0. The van der Waals surface area contributed by atoms with Crippen LogP contribution in [0.4, 0.5) is 0 Å². The smallest absolute Gasteiger partial charge is 0.224 e. The van der Waals surface area contributed by atoms with Crippen LogP contribution in [0.15, 0.2) is 11.6 Å². The molecule has 2 rings (SSSR count). The second-order valence-corrected chi connectivity index (χ2v) is 13.2. The highest BCUT2D eigenvalue weighted by molar-refractivity contribution is 8.03. The van der Waals surface area contributed by atoms with Gasteiger partial charge in [-0.3, -0.25) is 0 Å². The Kier molecular flexibility index (Phi) is 4.59. The summed E-state index contributed by atoms with van der Waals surface area (Å²) in [7, 11) is -1.82. The van der Waals surface area contributed by atoms with Crippen molar-refractivity contribution < 1.29 is 13.9 Å². The van der Waals surface area contributed by atoms with Crippen LogP contribution in [0.5, 0.6) is 0 Å². The molecule has 2 aliphatic rings. The molecule has 0 radical (unpaired) electrons. The van der Waals surface area contributed by atoms with E-state index in [2.05, 4.69) is 64.2 Å². The molecule has 0 aromatic rings. The van der Waals surface area contributed by atoms with Crippen molar-refractivity contribution in [2.45, 2.75) is 83.4 Å². The van der Waals surface area contributed by atoms with Crippen LogP contribution in [-0.2, 0) is 13.9 Å². The number of hydrogen-bond donors (Lipinski definition) is 0. The normalized spacial score (nSPS) is 35.0. The summed E-state index contributed by atoms with van der Waals surface area (Å²) in [5.41, 5.74) is 0. The largest absolute Gasteiger partial charge is 0.397 e.